The van der Waals surface area contributed by atoms with Crippen molar-refractivity contribution >= 4 is 40.8 Å². The maximum absolute atomic E-state index is 13.6. The molecule has 5 rings (SSSR count). The number of amides is 1. The Hall–Kier alpha value is -2.54. The molecule has 34 heavy (non-hydrogen) atoms. The summed E-state index contributed by atoms with van der Waals surface area (Å²) in [6.07, 6.45) is 11.4. The third-order valence-corrected chi connectivity index (χ3v) is 7.36. The van der Waals surface area contributed by atoms with Gasteiger partial charge >= 0.3 is 0 Å². The Bertz CT molecular complexity index is 1220. The number of furan rings is 1. The van der Waals surface area contributed by atoms with Crippen LogP contribution in [0.4, 0.5) is 0 Å². The first kappa shape index (κ1) is 23.2. The molecule has 6 nitrogen and oxygen atoms in total. The fourth-order valence-corrected chi connectivity index (χ4v) is 5.60. The molecular weight excluding hydrogens is 471 g/mol. The number of aromatic nitrogens is 2. The van der Waals surface area contributed by atoms with Crippen LogP contribution in [0.5, 0.6) is 0 Å². The predicted octanol–water partition coefficient (Wildman–Crippen LogP) is 6.56. The van der Waals surface area contributed by atoms with Crippen LogP contribution in [0.3, 0.4) is 0 Å². The highest BCUT2D eigenvalue weighted by Crippen LogP contribution is 2.37. The van der Waals surface area contributed by atoms with Crippen molar-refractivity contribution in [3.05, 3.63) is 69.4 Å². The molecule has 1 fully saturated rings. The van der Waals surface area contributed by atoms with Crippen molar-refractivity contribution in [2.45, 2.75) is 64.5 Å². The average Bonchev–Trinajstić information content (AvgIpc) is 3.45. The average molecular weight is 499 g/mol. The number of hydrazine groups is 1. The smallest absolute Gasteiger partial charge is 0.286 e. The first-order chi connectivity index (χ1) is 16.4. The zero-order chi connectivity index (χ0) is 23.8. The van der Waals surface area contributed by atoms with Gasteiger partial charge in [-0.1, -0.05) is 29.6 Å². The molecule has 8 heteroatoms. The highest BCUT2D eigenvalue weighted by atomic mass is 35.5. The standard InChI is InChI=1S/C26H28Cl2N4O2/c1-16-5-3-6-17(2)31(16)30-26(33)24-21-8-4-7-19(13-18-11-12-34-15-18)25(21)32(29-24)23-10-9-20(27)14-22(23)28/h9-17H,3-8H2,1-2H3,(H,30,33). The fraction of sp³-hybridized carbons (Fsp3) is 0.385. The van der Waals surface area contributed by atoms with Gasteiger partial charge in [-0.15, -0.1) is 0 Å². The Morgan fingerprint density at radius 2 is 1.94 bits per heavy atom. The van der Waals surface area contributed by atoms with Crippen LogP contribution < -0.4 is 5.43 Å². The van der Waals surface area contributed by atoms with Gasteiger partial charge < -0.3 is 4.42 Å². The van der Waals surface area contributed by atoms with Crippen LogP contribution in [0.2, 0.25) is 10.0 Å². The summed E-state index contributed by atoms with van der Waals surface area (Å²) in [5, 5.41) is 7.95. The van der Waals surface area contributed by atoms with E-state index in [-0.39, 0.29) is 18.0 Å². The van der Waals surface area contributed by atoms with Gasteiger partial charge in [0, 0.05) is 28.2 Å². The van der Waals surface area contributed by atoms with E-state index in [1.54, 1.807) is 29.3 Å². The second kappa shape index (κ2) is 9.61. The van der Waals surface area contributed by atoms with E-state index in [2.05, 4.69) is 30.4 Å². The summed E-state index contributed by atoms with van der Waals surface area (Å²) in [4.78, 5) is 13.6. The van der Waals surface area contributed by atoms with Gasteiger partial charge in [-0.25, -0.2) is 9.69 Å². The Balaban J connectivity index is 1.61. The Morgan fingerprint density at radius 3 is 2.65 bits per heavy atom. The van der Waals surface area contributed by atoms with E-state index in [1.165, 1.54) is 6.42 Å². The van der Waals surface area contributed by atoms with Gasteiger partial charge in [0.25, 0.3) is 5.91 Å². The minimum atomic E-state index is -0.176. The number of fused-ring (bicyclic) bond motifs is 1. The molecule has 3 aromatic rings. The van der Waals surface area contributed by atoms with E-state index in [4.69, 9.17) is 32.7 Å². The molecule has 0 spiro atoms. The molecule has 0 saturated carbocycles. The van der Waals surface area contributed by atoms with Gasteiger partial charge in [-0.05, 0) is 81.9 Å². The quantitative estimate of drug-likeness (QED) is 0.442. The maximum atomic E-state index is 13.6. The molecule has 178 valence electrons. The predicted molar refractivity (Wildman–Crippen MR) is 135 cm³/mol. The van der Waals surface area contributed by atoms with Crippen molar-refractivity contribution in [3.63, 3.8) is 0 Å². The third kappa shape index (κ3) is 4.42. The van der Waals surface area contributed by atoms with Crippen LogP contribution >= 0.6 is 23.2 Å². The lowest BCUT2D eigenvalue weighted by atomic mass is 9.90. The van der Waals surface area contributed by atoms with Crippen LogP contribution in [-0.2, 0) is 6.42 Å². The summed E-state index contributed by atoms with van der Waals surface area (Å²) >= 11 is 12.7. The zero-order valence-corrected chi connectivity index (χ0v) is 20.9. The zero-order valence-electron chi connectivity index (χ0n) is 19.4. The number of carbonyl (C=O) groups excluding carboxylic acids is 1. The summed E-state index contributed by atoms with van der Waals surface area (Å²) < 4.78 is 7.07. The molecule has 2 aliphatic rings. The number of rotatable bonds is 4. The van der Waals surface area contributed by atoms with E-state index in [0.29, 0.717) is 21.4 Å². The number of carbonyl (C=O) groups is 1. The lowest BCUT2D eigenvalue weighted by Crippen LogP contribution is -2.54. The normalized spacial score (nSPS) is 22.1. The highest BCUT2D eigenvalue weighted by Gasteiger charge is 2.32. The molecule has 2 atom stereocenters. The Labute approximate surface area is 209 Å². The minimum Gasteiger partial charge on any atom is -0.472 e. The van der Waals surface area contributed by atoms with Gasteiger partial charge in [0.1, 0.15) is 0 Å². The van der Waals surface area contributed by atoms with Crippen LogP contribution in [0, 0.1) is 0 Å². The second-order valence-corrected chi connectivity index (χ2v) is 10.1. The topological polar surface area (TPSA) is 63.3 Å². The monoisotopic (exact) mass is 498 g/mol. The number of nitrogens with zero attached hydrogens (tertiary/aromatic N) is 3. The van der Waals surface area contributed by atoms with Crippen LogP contribution in [0.25, 0.3) is 17.3 Å². The van der Waals surface area contributed by atoms with E-state index in [1.807, 2.05) is 12.1 Å². The number of halogens is 2. The van der Waals surface area contributed by atoms with E-state index in [0.717, 1.165) is 54.5 Å². The number of hydrogen-bond donors (Lipinski definition) is 1. The molecular formula is C26H28Cl2N4O2. The highest BCUT2D eigenvalue weighted by molar-refractivity contribution is 6.35. The van der Waals surface area contributed by atoms with Crippen molar-refractivity contribution < 1.29 is 9.21 Å². The van der Waals surface area contributed by atoms with Crippen LogP contribution in [-0.4, -0.2) is 32.8 Å². The largest absolute Gasteiger partial charge is 0.472 e. The third-order valence-electron chi connectivity index (χ3n) is 6.82. The summed E-state index contributed by atoms with van der Waals surface area (Å²) in [6.45, 7) is 4.31. The van der Waals surface area contributed by atoms with Crippen LogP contribution in [0.1, 0.15) is 73.3 Å². The summed E-state index contributed by atoms with van der Waals surface area (Å²) in [7, 11) is 0. The van der Waals surface area contributed by atoms with Crippen LogP contribution in [0.15, 0.2) is 41.2 Å². The minimum absolute atomic E-state index is 0.176. The Kier molecular flexibility index (Phi) is 6.56. The lowest BCUT2D eigenvalue weighted by Gasteiger charge is -2.38. The molecule has 0 radical (unpaired) electrons. The molecule has 2 aromatic heterocycles. The van der Waals surface area contributed by atoms with Gasteiger partial charge in [-0.2, -0.15) is 5.10 Å². The van der Waals surface area contributed by atoms with Gasteiger partial charge in [0.2, 0.25) is 0 Å². The SMILES string of the molecule is CC1CCCC(C)N1NC(=O)c1nn(-c2ccc(Cl)cc2Cl)c2c1CCCC2=Cc1ccoc1. The van der Waals surface area contributed by atoms with Crippen molar-refractivity contribution in [1.29, 1.82) is 0 Å². The first-order valence-electron chi connectivity index (χ1n) is 11.8. The Morgan fingerprint density at radius 1 is 1.15 bits per heavy atom. The molecule has 1 N–H and O–H groups in total. The number of nitrogens with one attached hydrogen (secondary N) is 1. The second-order valence-electron chi connectivity index (χ2n) is 9.24. The van der Waals surface area contributed by atoms with Gasteiger partial charge in [-0.3, -0.25) is 10.2 Å². The summed E-state index contributed by atoms with van der Waals surface area (Å²) in [6, 6.07) is 7.82. The van der Waals surface area contributed by atoms with Crippen molar-refractivity contribution in [1.82, 2.24) is 20.2 Å². The fourth-order valence-electron chi connectivity index (χ4n) is 5.11. The number of hydrogen-bond acceptors (Lipinski definition) is 4. The maximum Gasteiger partial charge on any atom is 0.286 e. The molecule has 1 aromatic carbocycles. The molecule has 3 heterocycles. The molecule has 1 saturated heterocycles. The van der Waals surface area contributed by atoms with Crippen molar-refractivity contribution in [2.24, 2.45) is 0 Å². The summed E-state index contributed by atoms with van der Waals surface area (Å²) in [5.41, 5.74) is 8.24. The van der Waals surface area contributed by atoms with E-state index >= 15 is 0 Å². The number of benzene rings is 1. The van der Waals surface area contributed by atoms with Gasteiger partial charge in [0.05, 0.1) is 28.9 Å². The van der Waals surface area contributed by atoms with E-state index in [9.17, 15) is 4.79 Å². The number of piperidine rings is 1. The van der Waals surface area contributed by atoms with E-state index < -0.39 is 0 Å². The van der Waals surface area contributed by atoms with Crippen molar-refractivity contribution in [3.8, 4) is 5.69 Å². The van der Waals surface area contributed by atoms with Gasteiger partial charge in [0.15, 0.2) is 5.69 Å². The number of allylic oxidation sites excluding steroid dienone is 1. The molecule has 1 amide bonds. The lowest BCUT2D eigenvalue weighted by molar-refractivity contribution is 0.0365. The molecule has 1 aliphatic carbocycles. The van der Waals surface area contributed by atoms with Crippen molar-refractivity contribution in [2.75, 3.05) is 0 Å². The molecule has 1 aliphatic heterocycles. The molecule has 2 unspecified atom stereocenters. The first-order valence-corrected chi connectivity index (χ1v) is 12.6. The summed E-state index contributed by atoms with van der Waals surface area (Å²) in [5.74, 6) is -0.176. The molecule has 0 bridgehead atoms.